The lowest BCUT2D eigenvalue weighted by atomic mass is 10.0. The van der Waals surface area contributed by atoms with E-state index in [9.17, 15) is 19.5 Å². The SMILES string of the molecule is O=C(C[C@H](NC(=O)OCc1ccccc1)C(=O)O)NC1CCN(c2cccc(NC3=NCCCN3)c2)CC1. The number of hydrogen-bond donors (Lipinski definition) is 5. The van der Waals surface area contributed by atoms with Crippen molar-refractivity contribution < 1.29 is 24.2 Å². The molecule has 38 heavy (non-hydrogen) atoms. The average Bonchev–Trinajstić information content (AvgIpc) is 2.93. The summed E-state index contributed by atoms with van der Waals surface area (Å²) >= 11 is 0. The van der Waals surface area contributed by atoms with E-state index in [1.165, 1.54) is 0 Å². The Morgan fingerprint density at radius 2 is 1.89 bits per heavy atom. The first-order valence-electron chi connectivity index (χ1n) is 12.9. The van der Waals surface area contributed by atoms with E-state index >= 15 is 0 Å². The Morgan fingerprint density at radius 3 is 2.61 bits per heavy atom. The number of amides is 2. The third kappa shape index (κ3) is 8.12. The Labute approximate surface area is 221 Å². The number of ether oxygens (including phenoxy) is 1. The molecule has 11 nitrogen and oxygen atoms in total. The molecule has 202 valence electrons. The standard InChI is InChI=1S/C27H34N6O5/c34-24(17-23(25(35)36)32-27(37)38-18-19-6-2-1-3-7-19)30-20-10-14-33(15-11-20)22-9-4-8-21(16-22)31-26-28-12-5-13-29-26/h1-4,6-9,16,20,23H,5,10-15,17-18H2,(H,30,34)(H,32,37)(H,35,36)(H2,28,29,31)/t23-/m0/s1. The number of guanidine groups is 1. The highest BCUT2D eigenvalue weighted by molar-refractivity contribution is 5.94. The van der Waals surface area contributed by atoms with Gasteiger partial charge in [0, 0.05) is 43.6 Å². The Hall–Kier alpha value is -4.28. The van der Waals surface area contributed by atoms with E-state index < -0.39 is 24.0 Å². The van der Waals surface area contributed by atoms with Crippen LogP contribution in [0.15, 0.2) is 59.6 Å². The fourth-order valence-corrected chi connectivity index (χ4v) is 4.39. The third-order valence-corrected chi connectivity index (χ3v) is 6.42. The van der Waals surface area contributed by atoms with E-state index in [0.717, 1.165) is 68.3 Å². The molecule has 0 unspecified atom stereocenters. The first kappa shape index (κ1) is 26.8. The second-order valence-corrected chi connectivity index (χ2v) is 9.32. The van der Waals surface area contributed by atoms with Gasteiger partial charge in [0.05, 0.1) is 6.42 Å². The van der Waals surface area contributed by atoms with Gasteiger partial charge in [-0.15, -0.1) is 0 Å². The quantitative estimate of drug-likeness (QED) is 0.337. The van der Waals surface area contributed by atoms with Gasteiger partial charge in [-0.25, -0.2) is 9.59 Å². The molecule has 2 aromatic carbocycles. The van der Waals surface area contributed by atoms with E-state index in [1.54, 1.807) is 12.1 Å². The molecule has 4 rings (SSSR count). The number of anilines is 2. The van der Waals surface area contributed by atoms with Gasteiger partial charge in [-0.3, -0.25) is 9.79 Å². The Balaban J connectivity index is 1.21. The largest absolute Gasteiger partial charge is 0.480 e. The Kier molecular flexibility index (Phi) is 9.38. The molecule has 11 heteroatoms. The monoisotopic (exact) mass is 522 g/mol. The summed E-state index contributed by atoms with van der Waals surface area (Å²) in [5, 5.41) is 21.2. The summed E-state index contributed by atoms with van der Waals surface area (Å²) in [5.74, 6) is -0.936. The molecule has 2 aliphatic heterocycles. The van der Waals surface area contributed by atoms with Crippen molar-refractivity contribution >= 4 is 35.3 Å². The van der Waals surface area contributed by atoms with Gasteiger partial charge >= 0.3 is 12.1 Å². The van der Waals surface area contributed by atoms with Gasteiger partial charge < -0.3 is 36.0 Å². The van der Waals surface area contributed by atoms with Gasteiger partial charge in [0.2, 0.25) is 5.91 Å². The van der Waals surface area contributed by atoms with Crippen LogP contribution in [0.4, 0.5) is 16.2 Å². The molecule has 2 aliphatic rings. The van der Waals surface area contributed by atoms with Crippen LogP contribution in [0.3, 0.4) is 0 Å². The molecule has 1 atom stereocenters. The molecule has 0 aromatic heterocycles. The lowest BCUT2D eigenvalue weighted by Gasteiger charge is -2.34. The van der Waals surface area contributed by atoms with Crippen LogP contribution in [0.25, 0.3) is 0 Å². The second kappa shape index (κ2) is 13.3. The number of carbonyl (C=O) groups excluding carboxylic acids is 2. The molecule has 1 saturated heterocycles. The van der Waals surface area contributed by atoms with Crippen molar-refractivity contribution in [2.24, 2.45) is 4.99 Å². The van der Waals surface area contributed by atoms with Crippen LogP contribution in [-0.2, 0) is 20.9 Å². The van der Waals surface area contributed by atoms with Crippen molar-refractivity contribution in [2.75, 3.05) is 36.4 Å². The minimum atomic E-state index is -1.38. The van der Waals surface area contributed by atoms with Crippen LogP contribution in [0.5, 0.6) is 0 Å². The summed E-state index contributed by atoms with van der Waals surface area (Å²) in [5.41, 5.74) is 2.82. The van der Waals surface area contributed by atoms with Gasteiger partial charge in [-0.05, 0) is 43.0 Å². The fraction of sp³-hybridized carbons (Fsp3) is 0.407. The molecule has 5 N–H and O–H groups in total. The summed E-state index contributed by atoms with van der Waals surface area (Å²) in [6, 6.07) is 15.7. The minimum absolute atomic E-state index is 0.00833. The predicted octanol–water partition coefficient (Wildman–Crippen LogP) is 2.30. The summed E-state index contributed by atoms with van der Waals surface area (Å²) in [4.78, 5) is 42.9. The van der Waals surface area contributed by atoms with Crippen LogP contribution in [0.1, 0.15) is 31.2 Å². The highest BCUT2D eigenvalue weighted by atomic mass is 16.5. The number of carboxylic acids is 1. The summed E-state index contributed by atoms with van der Waals surface area (Å²) in [6.07, 6.45) is 1.22. The lowest BCUT2D eigenvalue weighted by molar-refractivity contribution is -0.141. The lowest BCUT2D eigenvalue weighted by Crippen LogP contribution is -2.48. The average molecular weight is 523 g/mol. The van der Waals surface area contributed by atoms with Crippen molar-refractivity contribution in [3.63, 3.8) is 0 Å². The zero-order valence-electron chi connectivity index (χ0n) is 21.2. The molecule has 1 fully saturated rings. The number of alkyl carbamates (subject to hydrolysis) is 1. The normalized spacial score (nSPS) is 16.4. The van der Waals surface area contributed by atoms with Crippen LogP contribution >= 0.6 is 0 Å². The smallest absolute Gasteiger partial charge is 0.408 e. The number of aliphatic carboxylic acids is 1. The number of aliphatic imine (C=N–C) groups is 1. The van der Waals surface area contributed by atoms with E-state index in [0.29, 0.717) is 0 Å². The van der Waals surface area contributed by atoms with Gasteiger partial charge in [-0.1, -0.05) is 36.4 Å². The van der Waals surface area contributed by atoms with Crippen molar-refractivity contribution in [2.45, 2.75) is 44.4 Å². The zero-order valence-corrected chi connectivity index (χ0v) is 21.2. The maximum Gasteiger partial charge on any atom is 0.408 e. The molecule has 2 aromatic rings. The van der Waals surface area contributed by atoms with Crippen LogP contribution < -0.4 is 26.2 Å². The topological polar surface area (TPSA) is 144 Å². The fourth-order valence-electron chi connectivity index (χ4n) is 4.39. The molecular weight excluding hydrogens is 488 g/mol. The number of benzene rings is 2. The van der Waals surface area contributed by atoms with E-state index in [2.05, 4.69) is 43.3 Å². The Bertz CT molecular complexity index is 1130. The Morgan fingerprint density at radius 1 is 1.11 bits per heavy atom. The van der Waals surface area contributed by atoms with Gasteiger partial charge in [-0.2, -0.15) is 0 Å². The highest BCUT2D eigenvalue weighted by Gasteiger charge is 2.27. The van der Waals surface area contributed by atoms with E-state index in [-0.39, 0.29) is 19.1 Å². The van der Waals surface area contributed by atoms with Crippen molar-refractivity contribution in [3.05, 3.63) is 60.2 Å². The number of carboxylic acid groups (broad SMARTS) is 1. The first-order chi connectivity index (χ1) is 18.5. The molecular formula is C27H34N6O5. The van der Waals surface area contributed by atoms with Crippen LogP contribution in [-0.4, -0.2) is 67.3 Å². The predicted molar refractivity (Wildman–Crippen MR) is 144 cm³/mol. The maximum atomic E-state index is 12.6. The molecule has 0 spiro atoms. The number of piperidine rings is 1. The number of carbonyl (C=O) groups is 3. The van der Waals surface area contributed by atoms with Gasteiger partial charge in [0.1, 0.15) is 12.6 Å². The van der Waals surface area contributed by atoms with Gasteiger partial charge in [0.25, 0.3) is 0 Å². The summed E-state index contributed by atoms with van der Waals surface area (Å²) < 4.78 is 5.08. The minimum Gasteiger partial charge on any atom is -0.480 e. The number of hydrogen-bond acceptors (Lipinski definition) is 8. The number of nitrogens with zero attached hydrogens (tertiary/aromatic N) is 2. The zero-order chi connectivity index (χ0) is 26.7. The van der Waals surface area contributed by atoms with E-state index in [4.69, 9.17) is 4.74 Å². The maximum absolute atomic E-state index is 12.6. The summed E-state index contributed by atoms with van der Waals surface area (Å²) in [7, 11) is 0. The summed E-state index contributed by atoms with van der Waals surface area (Å²) in [6.45, 7) is 3.23. The first-order valence-corrected chi connectivity index (χ1v) is 12.9. The molecule has 0 saturated carbocycles. The molecule has 2 heterocycles. The van der Waals surface area contributed by atoms with Crippen molar-refractivity contribution in [1.82, 2.24) is 16.0 Å². The van der Waals surface area contributed by atoms with E-state index in [1.807, 2.05) is 30.3 Å². The molecule has 2 amide bonds. The number of rotatable bonds is 9. The van der Waals surface area contributed by atoms with Crippen LogP contribution in [0, 0.1) is 0 Å². The number of nitrogens with one attached hydrogen (secondary N) is 4. The van der Waals surface area contributed by atoms with Gasteiger partial charge in [0.15, 0.2) is 5.96 Å². The van der Waals surface area contributed by atoms with Crippen molar-refractivity contribution in [3.8, 4) is 0 Å². The highest BCUT2D eigenvalue weighted by Crippen LogP contribution is 2.23. The molecule has 0 radical (unpaired) electrons. The second-order valence-electron chi connectivity index (χ2n) is 9.32. The molecule has 0 bridgehead atoms. The molecule has 0 aliphatic carbocycles. The van der Waals surface area contributed by atoms with Crippen molar-refractivity contribution in [1.29, 1.82) is 0 Å². The van der Waals surface area contributed by atoms with Crippen LogP contribution in [0.2, 0.25) is 0 Å². The third-order valence-electron chi connectivity index (χ3n) is 6.42.